The Bertz CT molecular complexity index is 775. The number of rotatable bonds is 6. The van der Waals surface area contributed by atoms with Crippen molar-refractivity contribution in [2.75, 3.05) is 11.5 Å². The molecule has 2 rings (SSSR count). The molecule has 4 N–H and O–H groups in total. The number of aliphatic carboxylic acids is 1. The molecule has 2 aliphatic rings. The quantitative estimate of drug-likeness (QED) is 0.260. The van der Waals surface area contributed by atoms with Crippen LogP contribution in [0, 0.1) is 0 Å². The van der Waals surface area contributed by atoms with Crippen LogP contribution in [-0.4, -0.2) is 65.3 Å². The Morgan fingerprint density at radius 2 is 2.12 bits per heavy atom. The summed E-state index contributed by atoms with van der Waals surface area (Å²) in [5, 5.41) is 16.0. The number of nitrogens with two attached hydrogens (primary N) is 1. The van der Waals surface area contributed by atoms with Gasteiger partial charge in [-0.05, 0) is 0 Å². The third-order valence-electron chi connectivity index (χ3n) is 3.31. The Morgan fingerprint density at radius 3 is 2.60 bits per heavy atom. The van der Waals surface area contributed by atoms with Crippen molar-refractivity contribution in [1.82, 2.24) is 10.2 Å². The van der Waals surface area contributed by atoms with E-state index in [4.69, 9.17) is 9.88 Å². The summed E-state index contributed by atoms with van der Waals surface area (Å²) in [5.41, 5.74) is -0.415. The van der Waals surface area contributed by atoms with Crippen molar-refractivity contribution in [2.24, 2.45) is 5.14 Å². The van der Waals surface area contributed by atoms with E-state index in [9.17, 15) is 32.7 Å². The van der Waals surface area contributed by atoms with E-state index < -0.39 is 45.8 Å². The van der Waals surface area contributed by atoms with Crippen LogP contribution in [0.25, 0.3) is 0 Å². The minimum atomic E-state index is -4.13. The van der Waals surface area contributed by atoms with Crippen LogP contribution >= 0.6 is 11.8 Å². The lowest BCUT2D eigenvalue weighted by Crippen LogP contribution is -2.56. The molecule has 0 aromatic heterocycles. The van der Waals surface area contributed by atoms with Crippen LogP contribution in [-0.2, 0) is 33.9 Å². The fourth-order valence-corrected chi connectivity index (χ4v) is 4.10. The number of hydrogen-bond donors (Lipinski definition) is 3. The molecule has 0 spiro atoms. The van der Waals surface area contributed by atoms with Gasteiger partial charge in [0.25, 0.3) is 0 Å². The summed E-state index contributed by atoms with van der Waals surface area (Å²) < 4.78 is 26.9. The number of esters is 1. The first-order valence-corrected chi connectivity index (χ1v) is 9.63. The minimum absolute atomic E-state index is 0.0280. The van der Waals surface area contributed by atoms with Gasteiger partial charge in [-0.15, -0.1) is 11.8 Å². The van der Waals surface area contributed by atoms with Crippen LogP contribution in [0.4, 0.5) is 0 Å². The Balaban J connectivity index is 2.36. The number of ether oxygens (including phenoxy) is 1. The van der Waals surface area contributed by atoms with Gasteiger partial charge in [0.1, 0.15) is 11.4 Å². The molecule has 2 amide bonds. The third-order valence-corrected chi connectivity index (χ3v) is 5.21. The van der Waals surface area contributed by atoms with E-state index in [2.05, 4.69) is 5.32 Å². The van der Waals surface area contributed by atoms with Crippen LogP contribution < -0.4 is 10.5 Å². The zero-order chi connectivity index (χ0) is 18.9. The van der Waals surface area contributed by atoms with Gasteiger partial charge in [0, 0.05) is 18.2 Å². The molecule has 0 saturated carbocycles. The van der Waals surface area contributed by atoms with Crippen molar-refractivity contribution in [3.8, 4) is 0 Å². The van der Waals surface area contributed by atoms with Gasteiger partial charge in [0.15, 0.2) is 0 Å². The lowest BCUT2D eigenvalue weighted by atomic mass is 10.1. The number of nitrogens with one attached hydrogen (secondary N) is 1. The number of primary sulfonamides is 1. The summed E-state index contributed by atoms with van der Waals surface area (Å²) in [4.78, 5) is 47.4. The van der Waals surface area contributed by atoms with Gasteiger partial charge in [-0.3, -0.25) is 19.3 Å². The van der Waals surface area contributed by atoms with Gasteiger partial charge in [-0.25, -0.2) is 18.4 Å². The van der Waals surface area contributed by atoms with Crippen LogP contribution in [0.3, 0.4) is 0 Å². The normalized spacial score (nSPS) is 21.1. The Kier molecular flexibility index (Phi) is 5.39. The summed E-state index contributed by atoms with van der Waals surface area (Å²) in [6.07, 6.45) is -1.34. The first-order valence-electron chi connectivity index (χ1n) is 6.86. The molecule has 2 heterocycles. The molecule has 25 heavy (non-hydrogen) atoms. The summed E-state index contributed by atoms with van der Waals surface area (Å²) in [6.45, 7) is 1.04. The molecule has 0 radical (unpaired) electrons. The van der Waals surface area contributed by atoms with Crippen molar-refractivity contribution in [3.63, 3.8) is 0 Å². The lowest BCUT2D eigenvalue weighted by molar-refractivity contribution is -0.149. The maximum atomic E-state index is 11.8. The summed E-state index contributed by atoms with van der Waals surface area (Å²) in [7, 11) is -4.13. The number of carboxylic acids is 1. The smallest absolute Gasteiger partial charge is 0.352 e. The predicted molar refractivity (Wildman–Crippen MR) is 84.0 cm³/mol. The van der Waals surface area contributed by atoms with Crippen LogP contribution in [0.5, 0.6) is 0 Å². The van der Waals surface area contributed by atoms with Crippen molar-refractivity contribution in [2.45, 2.75) is 24.9 Å². The highest BCUT2D eigenvalue weighted by atomic mass is 32.2. The third kappa shape index (κ3) is 4.49. The summed E-state index contributed by atoms with van der Waals surface area (Å²) in [6, 6.07) is 0. The first kappa shape index (κ1) is 19.2. The second kappa shape index (κ2) is 7.01. The van der Waals surface area contributed by atoms with E-state index in [-0.39, 0.29) is 28.8 Å². The topological polar surface area (TPSA) is 173 Å². The second-order valence-corrected chi connectivity index (χ2v) is 8.06. The Hall–Kier alpha value is -2.12. The molecule has 1 saturated heterocycles. The number of sulfonamides is 1. The molecule has 1 unspecified atom stereocenters. The maximum Gasteiger partial charge on any atom is 0.352 e. The number of hydrogen-bond acceptors (Lipinski definition) is 8. The number of carboxylic acid groups (broad SMARTS) is 1. The number of β-lactam (4-membered cyclic amide) rings is 1. The molecular weight excluding hydrogens is 378 g/mol. The van der Waals surface area contributed by atoms with Crippen LogP contribution in [0.15, 0.2) is 11.3 Å². The van der Waals surface area contributed by atoms with Crippen molar-refractivity contribution >= 4 is 45.5 Å². The van der Waals surface area contributed by atoms with Crippen LogP contribution in [0.1, 0.15) is 13.3 Å². The van der Waals surface area contributed by atoms with E-state index >= 15 is 0 Å². The van der Waals surface area contributed by atoms with Gasteiger partial charge in [-0.2, -0.15) is 0 Å². The molecule has 2 aliphatic heterocycles. The van der Waals surface area contributed by atoms with E-state index in [1.54, 1.807) is 0 Å². The summed E-state index contributed by atoms with van der Waals surface area (Å²) >= 11 is 1.24. The Labute approximate surface area is 146 Å². The van der Waals surface area contributed by atoms with Gasteiger partial charge in [0.05, 0.1) is 11.8 Å². The second-order valence-electron chi connectivity index (χ2n) is 5.28. The number of thioether (sulfide) groups is 1. The number of amides is 2. The number of nitrogens with zero attached hydrogens (tertiary/aromatic N) is 1. The van der Waals surface area contributed by atoms with Crippen molar-refractivity contribution in [3.05, 3.63) is 11.3 Å². The zero-order valence-electron chi connectivity index (χ0n) is 12.9. The lowest BCUT2D eigenvalue weighted by Gasteiger charge is -2.44. The number of carbonyl (C=O) groups is 4. The number of carbonyl (C=O) groups excluding carboxylic acids is 3. The molecule has 13 heteroatoms. The molecule has 0 bridgehead atoms. The molecule has 0 aromatic carbocycles. The van der Waals surface area contributed by atoms with Crippen molar-refractivity contribution in [1.29, 1.82) is 0 Å². The monoisotopic (exact) mass is 393 g/mol. The molecule has 0 aromatic rings. The van der Waals surface area contributed by atoms with E-state index in [0.29, 0.717) is 0 Å². The van der Waals surface area contributed by atoms with Crippen molar-refractivity contribution < 1.29 is 37.4 Å². The van der Waals surface area contributed by atoms with E-state index in [1.807, 2.05) is 0 Å². The highest BCUT2D eigenvalue weighted by Gasteiger charge is 2.47. The fraction of sp³-hybridized carbons (Fsp3) is 0.500. The zero-order valence-corrected chi connectivity index (χ0v) is 14.6. The molecule has 138 valence electrons. The molecule has 1 fully saturated rings. The highest BCUT2D eigenvalue weighted by Crippen LogP contribution is 2.40. The SMILES string of the molecule is CC(=O)OC(NC(=O)CS(N)(=O)=O)C1=C(C(=O)O)N2C(=O)C[C@H]2SC1. The van der Waals surface area contributed by atoms with Gasteiger partial charge < -0.3 is 15.2 Å². The van der Waals surface area contributed by atoms with Gasteiger partial charge in [0.2, 0.25) is 28.1 Å². The average molecular weight is 393 g/mol. The molecule has 0 aliphatic carbocycles. The largest absolute Gasteiger partial charge is 0.477 e. The van der Waals surface area contributed by atoms with E-state index in [1.165, 1.54) is 11.8 Å². The standard InChI is InChI=1S/C12H15N3O8S2/c1-5(16)23-11(14-7(17)4-25(13,21)22)6-3-24-9-2-8(18)15(9)10(6)12(19)20/h9,11H,2-4H2,1H3,(H,14,17)(H,19,20)(H2,13,21,22)/t9-,11?/m1/s1. The average Bonchev–Trinajstić information content (AvgIpc) is 2.41. The minimum Gasteiger partial charge on any atom is -0.477 e. The molecular formula is C12H15N3O8S2. The Morgan fingerprint density at radius 1 is 1.48 bits per heavy atom. The molecule has 11 nitrogen and oxygen atoms in total. The molecule has 2 atom stereocenters. The van der Waals surface area contributed by atoms with Gasteiger partial charge >= 0.3 is 11.9 Å². The van der Waals surface area contributed by atoms with E-state index in [0.717, 1.165) is 11.8 Å². The first-order chi connectivity index (χ1) is 11.5. The fourth-order valence-electron chi connectivity index (χ4n) is 2.36. The number of fused-ring (bicyclic) bond motifs is 1. The van der Waals surface area contributed by atoms with Gasteiger partial charge in [-0.1, -0.05) is 0 Å². The predicted octanol–water partition coefficient (Wildman–Crippen LogP) is -2.08. The van der Waals surface area contributed by atoms with Crippen LogP contribution in [0.2, 0.25) is 0 Å². The highest BCUT2D eigenvalue weighted by molar-refractivity contribution is 8.00. The maximum absolute atomic E-state index is 11.8. The summed E-state index contributed by atoms with van der Waals surface area (Å²) in [5.74, 6) is -4.74.